The standard InChI is InChI=1S/C21H12FN3O4S/c22-12-4-3-5-14(10-12)30(28,29)24-13-8-9-18-16(11-13)19(26)20-23-17-7-2-1-6-15(17)21(27)25(18)20/h1-11,24H. The number of anilines is 1. The fraction of sp³-hybridized carbons (Fsp3) is 0. The van der Waals surface area contributed by atoms with E-state index in [4.69, 9.17) is 0 Å². The molecule has 1 aliphatic rings. The third-order valence-electron chi connectivity index (χ3n) is 4.82. The van der Waals surface area contributed by atoms with Gasteiger partial charge in [0.15, 0.2) is 5.82 Å². The van der Waals surface area contributed by atoms with Crippen molar-refractivity contribution in [2.24, 2.45) is 0 Å². The first kappa shape index (κ1) is 18.2. The van der Waals surface area contributed by atoms with Crippen LogP contribution in [0, 0.1) is 5.82 Å². The summed E-state index contributed by atoms with van der Waals surface area (Å²) in [6.45, 7) is 0. The minimum atomic E-state index is -4.06. The molecular weight excluding hydrogens is 409 g/mol. The van der Waals surface area contributed by atoms with Crippen LogP contribution >= 0.6 is 0 Å². The van der Waals surface area contributed by atoms with Crippen LogP contribution in [0.4, 0.5) is 10.1 Å². The van der Waals surface area contributed by atoms with Crippen LogP contribution < -0.4 is 10.3 Å². The van der Waals surface area contributed by atoms with Crippen molar-refractivity contribution in [2.75, 3.05) is 4.72 Å². The minimum absolute atomic E-state index is 0.0289. The van der Waals surface area contributed by atoms with Crippen molar-refractivity contribution < 1.29 is 17.6 Å². The van der Waals surface area contributed by atoms with Gasteiger partial charge in [-0.25, -0.2) is 17.8 Å². The molecular formula is C21H12FN3O4S. The van der Waals surface area contributed by atoms with E-state index in [9.17, 15) is 22.4 Å². The number of benzene rings is 3. The molecule has 4 aromatic rings. The largest absolute Gasteiger partial charge is 0.285 e. The highest BCUT2D eigenvalue weighted by Gasteiger charge is 2.31. The van der Waals surface area contributed by atoms with E-state index in [1.807, 2.05) is 0 Å². The highest BCUT2D eigenvalue weighted by Crippen LogP contribution is 2.29. The number of ketones is 1. The van der Waals surface area contributed by atoms with E-state index in [2.05, 4.69) is 9.71 Å². The van der Waals surface area contributed by atoms with Gasteiger partial charge in [0.2, 0.25) is 5.78 Å². The number of halogens is 1. The van der Waals surface area contributed by atoms with Gasteiger partial charge in [0.05, 0.1) is 27.0 Å². The second-order valence-electron chi connectivity index (χ2n) is 6.72. The molecule has 0 saturated carbocycles. The number of hydrogen-bond acceptors (Lipinski definition) is 5. The average Bonchev–Trinajstić information content (AvgIpc) is 3.00. The zero-order valence-electron chi connectivity index (χ0n) is 15.2. The first-order valence-corrected chi connectivity index (χ1v) is 10.3. The van der Waals surface area contributed by atoms with Gasteiger partial charge >= 0.3 is 0 Å². The Labute approximate surface area is 169 Å². The van der Waals surface area contributed by atoms with Gasteiger partial charge in [0.1, 0.15) is 5.82 Å². The predicted molar refractivity (Wildman–Crippen MR) is 108 cm³/mol. The lowest BCUT2D eigenvalue weighted by Gasteiger charge is -2.10. The van der Waals surface area contributed by atoms with Gasteiger partial charge in [0, 0.05) is 5.69 Å². The van der Waals surface area contributed by atoms with Crippen molar-refractivity contribution in [3.63, 3.8) is 0 Å². The monoisotopic (exact) mass is 421 g/mol. The van der Waals surface area contributed by atoms with E-state index in [-0.39, 0.29) is 27.5 Å². The Morgan fingerprint density at radius 3 is 2.53 bits per heavy atom. The second kappa shape index (κ2) is 6.33. The van der Waals surface area contributed by atoms with E-state index in [0.29, 0.717) is 16.6 Å². The van der Waals surface area contributed by atoms with E-state index in [1.165, 1.54) is 34.9 Å². The lowest BCUT2D eigenvalue weighted by molar-refractivity contribution is 0.103. The smallest absolute Gasteiger partial charge is 0.266 e. The van der Waals surface area contributed by atoms with Crippen LogP contribution in [0.1, 0.15) is 16.2 Å². The van der Waals surface area contributed by atoms with E-state index >= 15 is 0 Å². The number of rotatable bonds is 3. The number of fused-ring (bicyclic) bond motifs is 4. The molecule has 3 aromatic carbocycles. The molecule has 30 heavy (non-hydrogen) atoms. The summed E-state index contributed by atoms with van der Waals surface area (Å²) in [5, 5.41) is 0.373. The molecule has 7 nitrogen and oxygen atoms in total. The number of aromatic nitrogens is 2. The highest BCUT2D eigenvalue weighted by atomic mass is 32.2. The van der Waals surface area contributed by atoms with Crippen LogP contribution in [0.3, 0.4) is 0 Å². The van der Waals surface area contributed by atoms with E-state index in [0.717, 1.165) is 12.1 Å². The molecule has 0 atom stereocenters. The van der Waals surface area contributed by atoms with Crippen molar-refractivity contribution in [1.29, 1.82) is 0 Å². The Morgan fingerprint density at radius 2 is 1.73 bits per heavy atom. The number of nitrogens with one attached hydrogen (secondary N) is 1. The fourth-order valence-electron chi connectivity index (χ4n) is 3.45. The van der Waals surface area contributed by atoms with Crippen molar-refractivity contribution in [2.45, 2.75) is 4.90 Å². The van der Waals surface area contributed by atoms with Crippen LogP contribution in [0.15, 0.2) is 76.4 Å². The number of carbonyl (C=O) groups excluding carboxylic acids is 1. The second-order valence-corrected chi connectivity index (χ2v) is 8.40. The van der Waals surface area contributed by atoms with Crippen LogP contribution in [-0.2, 0) is 10.0 Å². The van der Waals surface area contributed by atoms with Gasteiger partial charge in [-0.1, -0.05) is 18.2 Å². The lowest BCUT2D eigenvalue weighted by atomic mass is 10.1. The Balaban J connectivity index is 1.60. The Morgan fingerprint density at radius 1 is 0.933 bits per heavy atom. The number of hydrogen-bond donors (Lipinski definition) is 1. The van der Waals surface area contributed by atoms with E-state index < -0.39 is 21.6 Å². The summed E-state index contributed by atoms with van der Waals surface area (Å²) in [4.78, 5) is 29.8. The molecule has 1 aromatic heterocycles. The number of nitrogens with zero attached hydrogens (tertiary/aromatic N) is 2. The maximum atomic E-state index is 13.4. The predicted octanol–water partition coefficient (Wildman–Crippen LogP) is 2.87. The minimum Gasteiger partial charge on any atom is -0.285 e. The summed E-state index contributed by atoms with van der Waals surface area (Å²) >= 11 is 0. The third-order valence-corrected chi connectivity index (χ3v) is 6.20. The Kier molecular flexibility index (Phi) is 3.84. The quantitative estimate of drug-likeness (QED) is 0.483. The summed E-state index contributed by atoms with van der Waals surface area (Å²) in [5.41, 5.74) is 0.607. The molecule has 0 saturated heterocycles. The number of para-hydroxylation sites is 1. The highest BCUT2D eigenvalue weighted by molar-refractivity contribution is 7.92. The summed E-state index contributed by atoms with van der Waals surface area (Å²) in [5.74, 6) is -1.20. The zero-order valence-corrected chi connectivity index (χ0v) is 16.0. The molecule has 0 bridgehead atoms. The van der Waals surface area contributed by atoms with Crippen LogP contribution in [-0.4, -0.2) is 23.8 Å². The van der Waals surface area contributed by atoms with Gasteiger partial charge < -0.3 is 0 Å². The maximum Gasteiger partial charge on any atom is 0.266 e. The van der Waals surface area contributed by atoms with Crippen molar-refractivity contribution in [3.05, 3.63) is 94.3 Å². The lowest BCUT2D eigenvalue weighted by Crippen LogP contribution is -2.21. The topological polar surface area (TPSA) is 98.1 Å². The third kappa shape index (κ3) is 2.71. The fourth-order valence-corrected chi connectivity index (χ4v) is 4.53. The van der Waals surface area contributed by atoms with Gasteiger partial charge in [0.25, 0.3) is 15.6 Å². The summed E-state index contributed by atoms with van der Waals surface area (Å²) in [6, 6.07) is 15.5. The van der Waals surface area contributed by atoms with Crippen LogP contribution in [0.2, 0.25) is 0 Å². The Bertz CT molecular complexity index is 1540. The maximum absolute atomic E-state index is 13.4. The molecule has 9 heteroatoms. The first-order chi connectivity index (χ1) is 14.3. The van der Waals surface area contributed by atoms with Gasteiger partial charge in [-0.3, -0.25) is 18.9 Å². The summed E-state index contributed by atoms with van der Waals surface area (Å²) in [6.07, 6.45) is 0. The molecule has 5 rings (SSSR count). The van der Waals surface area contributed by atoms with Crippen molar-refractivity contribution in [1.82, 2.24) is 9.55 Å². The van der Waals surface area contributed by atoms with Crippen LogP contribution in [0.5, 0.6) is 0 Å². The Hall–Kier alpha value is -3.85. The molecule has 1 N–H and O–H groups in total. The molecule has 0 unspecified atom stereocenters. The van der Waals surface area contributed by atoms with Crippen molar-refractivity contribution in [3.8, 4) is 5.69 Å². The molecule has 0 fully saturated rings. The molecule has 0 radical (unpaired) electrons. The molecule has 0 amide bonds. The molecule has 2 heterocycles. The van der Waals surface area contributed by atoms with E-state index in [1.54, 1.807) is 24.3 Å². The van der Waals surface area contributed by atoms with Gasteiger partial charge in [-0.05, 0) is 48.5 Å². The van der Waals surface area contributed by atoms with Crippen LogP contribution in [0.25, 0.3) is 16.6 Å². The SMILES string of the molecule is O=C1c2cc(NS(=O)(=O)c3cccc(F)c3)ccc2-n2c1nc1ccccc1c2=O. The van der Waals surface area contributed by atoms with Gasteiger partial charge in [-0.15, -0.1) is 0 Å². The molecule has 148 valence electrons. The van der Waals surface area contributed by atoms with Gasteiger partial charge in [-0.2, -0.15) is 0 Å². The average molecular weight is 421 g/mol. The summed E-state index contributed by atoms with van der Waals surface area (Å²) < 4.78 is 42.0. The number of carbonyl (C=O) groups is 1. The summed E-state index contributed by atoms with van der Waals surface area (Å²) in [7, 11) is -4.06. The first-order valence-electron chi connectivity index (χ1n) is 8.84. The molecule has 0 spiro atoms. The normalized spacial score (nSPS) is 12.6. The number of sulfonamides is 1. The zero-order chi connectivity index (χ0) is 21.0. The van der Waals surface area contributed by atoms with Crippen molar-refractivity contribution >= 4 is 32.4 Å². The molecule has 0 aliphatic carbocycles. The molecule has 1 aliphatic heterocycles.